The van der Waals surface area contributed by atoms with Crippen LogP contribution in [0.2, 0.25) is 0 Å². The number of carbonyl (C=O) groups is 3. The van der Waals surface area contributed by atoms with Gasteiger partial charge in [0, 0.05) is 30.3 Å². The van der Waals surface area contributed by atoms with Gasteiger partial charge in [0.15, 0.2) is 5.78 Å². The van der Waals surface area contributed by atoms with Crippen LogP contribution in [0, 0.1) is 5.92 Å². The number of rotatable bonds is 9. The van der Waals surface area contributed by atoms with Gasteiger partial charge in [-0.1, -0.05) is 78.9 Å². The number of nitrogen functional groups attached to an aromatic ring is 1. The highest BCUT2D eigenvalue weighted by Crippen LogP contribution is 2.23. The summed E-state index contributed by atoms with van der Waals surface area (Å²) in [4.78, 5) is 34.4. The van der Waals surface area contributed by atoms with Gasteiger partial charge >= 0.3 is 5.97 Å². The summed E-state index contributed by atoms with van der Waals surface area (Å²) in [5, 5.41) is 12.1. The van der Waals surface area contributed by atoms with Crippen molar-refractivity contribution in [3.8, 4) is 11.1 Å². The molecule has 3 rings (SSSR count). The summed E-state index contributed by atoms with van der Waals surface area (Å²) in [6.45, 7) is 10.5. The van der Waals surface area contributed by atoms with E-state index < -0.39 is 11.9 Å². The highest BCUT2D eigenvalue weighted by atomic mass is 16.4. The zero-order valence-electron chi connectivity index (χ0n) is 23.3. The smallest absolute Gasteiger partial charge is 0.306 e. The Hall–Kier alpha value is -4.45. The molecule has 6 nitrogen and oxygen atoms in total. The van der Waals surface area contributed by atoms with E-state index in [0.29, 0.717) is 24.1 Å². The second kappa shape index (κ2) is 17.9. The molecule has 0 aliphatic carbocycles. The molecule has 0 aliphatic heterocycles. The number of Topliss-reactive ketones (excluding diaryl/α,β-unsaturated/α-hetero) is 1. The van der Waals surface area contributed by atoms with Crippen molar-refractivity contribution in [1.82, 2.24) is 5.32 Å². The number of ketones is 1. The van der Waals surface area contributed by atoms with Crippen LogP contribution in [0.5, 0.6) is 0 Å². The third kappa shape index (κ3) is 13.1. The number of carbonyl (C=O) groups excluding carboxylic acids is 2. The number of aryl methyl sites for hydroxylation is 1. The minimum atomic E-state index is -0.928. The number of benzene rings is 3. The molecule has 3 aromatic rings. The largest absolute Gasteiger partial charge is 0.481 e. The van der Waals surface area contributed by atoms with Crippen LogP contribution < -0.4 is 11.1 Å². The maximum atomic E-state index is 12.6. The average molecular weight is 529 g/mol. The van der Waals surface area contributed by atoms with E-state index in [1.807, 2.05) is 93.6 Å². The SMILES string of the molecule is C/C=C(\C)NC(C)=O.C=CC.Nc1ccc(-c2ccc(C(=O)CC(CCc3ccccc3)C(=O)O)cc2)cc1. The number of nitrogens with one attached hydrogen (secondary N) is 1. The molecule has 0 aliphatic rings. The normalized spacial score (nSPS) is 11.0. The van der Waals surface area contributed by atoms with Gasteiger partial charge in [0.1, 0.15) is 0 Å². The molecule has 0 aromatic heterocycles. The molecule has 0 saturated heterocycles. The van der Waals surface area contributed by atoms with Crippen molar-refractivity contribution < 1.29 is 19.5 Å². The van der Waals surface area contributed by atoms with E-state index in [1.165, 1.54) is 6.92 Å². The summed E-state index contributed by atoms with van der Waals surface area (Å²) in [5.74, 6) is -1.78. The number of hydrogen-bond donors (Lipinski definition) is 3. The number of allylic oxidation sites excluding steroid dienone is 3. The Bertz CT molecular complexity index is 1210. The molecule has 0 saturated carbocycles. The zero-order valence-corrected chi connectivity index (χ0v) is 23.3. The molecule has 1 amide bonds. The first kappa shape index (κ1) is 32.6. The van der Waals surface area contributed by atoms with Gasteiger partial charge in [0.2, 0.25) is 5.91 Å². The molecule has 0 heterocycles. The summed E-state index contributed by atoms with van der Waals surface area (Å²) in [6, 6.07) is 24.5. The molecular formula is C33H40N2O4. The first-order chi connectivity index (χ1) is 18.6. The van der Waals surface area contributed by atoms with E-state index >= 15 is 0 Å². The van der Waals surface area contributed by atoms with Crippen LogP contribution in [0.25, 0.3) is 11.1 Å². The summed E-state index contributed by atoms with van der Waals surface area (Å²) in [5.41, 5.74) is 10.9. The van der Waals surface area contributed by atoms with Gasteiger partial charge in [0.05, 0.1) is 5.92 Å². The monoisotopic (exact) mass is 528 g/mol. The summed E-state index contributed by atoms with van der Waals surface area (Å²) < 4.78 is 0. The van der Waals surface area contributed by atoms with Crippen LogP contribution in [-0.2, 0) is 16.0 Å². The Morgan fingerprint density at radius 3 is 1.85 bits per heavy atom. The second-order valence-electron chi connectivity index (χ2n) is 8.95. The molecule has 1 unspecified atom stereocenters. The molecule has 1 atom stereocenters. The van der Waals surface area contributed by atoms with Crippen LogP contribution in [0.3, 0.4) is 0 Å². The number of carboxylic acids is 1. The number of hydrogen-bond acceptors (Lipinski definition) is 4. The van der Waals surface area contributed by atoms with Gasteiger partial charge < -0.3 is 16.2 Å². The third-order valence-corrected chi connectivity index (χ3v) is 5.66. The predicted octanol–water partition coefficient (Wildman–Crippen LogP) is 7.08. The van der Waals surface area contributed by atoms with Crippen molar-refractivity contribution in [3.05, 3.63) is 114 Å². The van der Waals surface area contributed by atoms with Crippen molar-refractivity contribution in [1.29, 1.82) is 0 Å². The first-order valence-corrected chi connectivity index (χ1v) is 12.8. The van der Waals surface area contributed by atoms with Crippen LogP contribution in [0.4, 0.5) is 5.69 Å². The molecular weight excluding hydrogens is 488 g/mol. The van der Waals surface area contributed by atoms with Crippen LogP contribution in [0.1, 0.15) is 56.5 Å². The number of carboxylic acid groups (broad SMARTS) is 1. The number of amides is 1. The molecule has 0 fully saturated rings. The lowest BCUT2D eigenvalue weighted by molar-refractivity contribution is -0.141. The zero-order chi connectivity index (χ0) is 29.2. The minimum absolute atomic E-state index is 0.00336. The molecule has 206 valence electrons. The predicted molar refractivity (Wildman–Crippen MR) is 160 cm³/mol. The molecule has 39 heavy (non-hydrogen) atoms. The molecule has 0 bridgehead atoms. The number of aliphatic carboxylic acids is 1. The highest BCUT2D eigenvalue weighted by Gasteiger charge is 2.22. The topological polar surface area (TPSA) is 109 Å². The van der Waals surface area contributed by atoms with Crippen LogP contribution in [-0.4, -0.2) is 22.8 Å². The van der Waals surface area contributed by atoms with E-state index in [9.17, 15) is 19.5 Å². The molecule has 0 spiro atoms. The number of anilines is 1. The van der Waals surface area contributed by atoms with Crippen LogP contribution >= 0.6 is 0 Å². The maximum absolute atomic E-state index is 12.6. The van der Waals surface area contributed by atoms with Crippen LogP contribution in [0.15, 0.2) is 103 Å². The highest BCUT2D eigenvalue weighted by molar-refractivity contribution is 5.98. The standard InChI is InChI=1S/C24H23NO3.C6H11NO.C3H6/c25-22-14-12-19(13-15-22)18-8-10-20(11-9-18)23(26)16-21(24(27)28)7-6-17-4-2-1-3-5-17;1-4-5(2)7-6(3)8;1-3-2/h1-5,8-15,21H,6-7,16,25H2,(H,27,28);4H,1-3H3,(H,7,8);3H,1H2,2H3/b;5-4+;. The maximum Gasteiger partial charge on any atom is 0.306 e. The van der Waals surface area contributed by atoms with Gasteiger partial charge in [-0.3, -0.25) is 14.4 Å². The quantitative estimate of drug-likeness (QED) is 0.156. The Morgan fingerprint density at radius 1 is 0.897 bits per heavy atom. The molecule has 4 N–H and O–H groups in total. The van der Waals surface area contributed by atoms with Crippen molar-refractivity contribution in [3.63, 3.8) is 0 Å². The van der Waals surface area contributed by atoms with E-state index in [0.717, 1.165) is 22.4 Å². The Balaban J connectivity index is 0.000000587. The van der Waals surface area contributed by atoms with Gasteiger partial charge in [-0.2, -0.15) is 0 Å². The number of nitrogens with two attached hydrogens (primary N) is 1. The van der Waals surface area contributed by atoms with Crippen molar-refractivity contribution in [2.75, 3.05) is 5.73 Å². The molecule has 0 radical (unpaired) electrons. The van der Waals surface area contributed by atoms with E-state index in [-0.39, 0.29) is 18.1 Å². The first-order valence-electron chi connectivity index (χ1n) is 12.8. The van der Waals surface area contributed by atoms with Crippen molar-refractivity contribution in [2.45, 2.75) is 47.0 Å². The Labute approximate surface area is 232 Å². The van der Waals surface area contributed by atoms with E-state index in [1.54, 1.807) is 18.2 Å². The van der Waals surface area contributed by atoms with Gasteiger partial charge in [-0.25, -0.2) is 0 Å². The third-order valence-electron chi connectivity index (χ3n) is 5.66. The second-order valence-corrected chi connectivity index (χ2v) is 8.95. The Kier molecular flexibility index (Phi) is 15.0. The molecule has 6 heteroatoms. The lowest BCUT2D eigenvalue weighted by Gasteiger charge is -2.12. The average Bonchev–Trinajstić information content (AvgIpc) is 2.92. The molecule has 3 aromatic carbocycles. The lowest BCUT2D eigenvalue weighted by Crippen LogP contribution is -2.19. The minimum Gasteiger partial charge on any atom is -0.481 e. The Morgan fingerprint density at radius 2 is 1.41 bits per heavy atom. The van der Waals surface area contributed by atoms with Crippen molar-refractivity contribution in [2.24, 2.45) is 5.92 Å². The lowest BCUT2D eigenvalue weighted by atomic mass is 9.92. The van der Waals surface area contributed by atoms with Crippen molar-refractivity contribution >= 4 is 23.3 Å². The fourth-order valence-electron chi connectivity index (χ4n) is 3.51. The summed E-state index contributed by atoms with van der Waals surface area (Å²) in [7, 11) is 0. The fourth-order valence-corrected chi connectivity index (χ4v) is 3.51. The van der Waals surface area contributed by atoms with E-state index in [4.69, 9.17) is 5.73 Å². The van der Waals surface area contributed by atoms with Gasteiger partial charge in [0.25, 0.3) is 0 Å². The summed E-state index contributed by atoms with van der Waals surface area (Å²) >= 11 is 0. The van der Waals surface area contributed by atoms with Gasteiger partial charge in [-0.05, 0) is 62.4 Å². The summed E-state index contributed by atoms with van der Waals surface area (Å²) in [6.07, 6.45) is 4.68. The van der Waals surface area contributed by atoms with E-state index in [2.05, 4.69) is 11.9 Å². The fraction of sp³-hybridized carbons (Fsp3) is 0.242. The van der Waals surface area contributed by atoms with Gasteiger partial charge in [-0.15, -0.1) is 6.58 Å².